The van der Waals surface area contributed by atoms with Gasteiger partial charge in [-0.2, -0.15) is 18.3 Å². The number of aromatic nitrogens is 2. The molecule has 1 aromatic heterocycles. The van der Waals surface area contributed by atoms with E-state index in [2.05, 4.69) is 5.10 Å². The fraction of sp³-hybridized carbons (Fsp3) is 0.125. The van der Waals surface area contributed by atoms with Crippen molar-refractivity contribution in [2.75, 3.05) is 0 Å². The van der Waals surface area contributed by atoms with Gasteiger partial charge in [0.2, 0.25) is 0 Å². The number of aromatic amines is 1. The first-order chi connectivity index (χ1) is 7.39. The van der Waals surface area contributed by atoms with Crippen LogP contribution in [0.25, 0.3) is 10.9 Å². The second-order valence-corrected chi connectivity index (χ2v) is 3.05. The molecule has 0 amide bonds. The first-order valence-electron chi connectivity index (χ1n) is 4.09. The van der Waals surface area contributed by atoms with Crippen LogP contribution in [0.5, 0.6) is 0 Å². The number of fused-ring (bicyclic) bond motifs is 1. The number of H-pyrrole nitrogens is 1. The van der Waals surface area contributed by atoms with Crippen molar-refractivity contribution in [2.45, 2.75) is 6.18 Å². The van der Waals surface area contributed by atoms with Crippen molar-refractivity contribution in [3.8, 4) is 0 Å². The van der Waals surface area contributed by atoms with Gasteiger partial charge in [0.05, 0.1) is 10.4 Å². The van der Waals surface area contributed by atoms with Crippen LogP contribution in [0, 0.1) is 10.1 Å². The molecule has 5 nitrogen and oxygen atoms in total. The largest absolute Gasteiger partial charge is 0.433 e. The van der Waals surface area contributed by atoms with Crippen molar-refractivity contribution in [3.63, 3.8) is 0 Å². The molecule has 0 saturated heterocycles. The van der Waals surface area contributed by atoms with Crippen molar-refractivity contribution in [1.29, 1.82) is 0 Å². The topological polar surface area (TPSA) is 71.8 Å². The summed E-state index contributed by atoms with van der Waals surface area (Å²) in [6.07, 6.45) is -4.61. The van der Waals surface area contributed by atoms with E-state index < -0.39 is 22.5 Å². The number of hydrogen-bond acceptors (Lipinski definition) is 3. The Morgan fingerprint density at radius 2 is 2.06 bits per heavy atom. The highest BCUT2D eigenvalue weighted by molar-refractivity contribution is 5.84. The highest BCUT2D eigenvalue weighted by Crippen LogP contribution is 2.34. The van der Waals surface area contributed by atoms with Crippen LogP contribution < -0.4 is 0 Å². The number of rotatable bonds is 1. The maximum Gasteiger partial charge on any atom is 0.433 e. The van der Waals surface area contributed by atoms with Gasteiger partial charge in [-0.15, -0.1) is 0 Å². The molecule has 16 heavy (non-hydrogen) atoms. The Kier molecular flexibility index (Phi) is 2.07. The molecular formula is C8H4F3N3O2. The summed E-state index contributed by atoms with van der Waals surface area (Å²) in [4.78, 5) is 9.66. The molecule has 1 N–H and O–H groups in total. The van der Waals surface area contributed by atoms with Gasteiger partial charge >= 0.3 is 6.18 Å². The van der Waals surface area contributed by atoms with E-state index in [1.165, 1.54) is 6.07 Å². The van der Waals surface area contributed by atoms with Gasteiger partial charge < -0.3 is 0 Å². The van der Waals surface area contributed by atoms with Gasteiger partial charge in [0.25, 0.3) is 5.69 Å². The van der Waals surface area contributed by atoms with Gasteiger partial charge in [0.15, 0.2) is 0 Å². The fourth-order valence-electron chi connectivity index (χ4n) is 1.33. The van der Waals surface area contributed by atoms with Crippen molar-refractivity contribution in [1.82, 2.24) is 10.2 Å². The normalized spacial score (nSPS) is 11.9. The van der Waals surface area contributed by atoms with E-state index in [4.69, 9.17) is 0 Å². The summed E-state index contributed by atoms with van der Waals surface area (Å²) in [5.41, 5.74) is -1.44. The number of hydrogen-bond donors (Lipinski definition) is 1. The van der Waals surface area contributed by atoms with Crippen LogP contribution in [0.4, 0.5) is 18.9 Å². The van der Waals surface area contributed by atoms with Crippen LogP contribution in [0.3, 0.4) is 0 Å². The zero-order chi connectivity index (χ0) is 11.9. The fourth-order valence-corrected chi connectivity index (χ4v) is 1.33. The number of benzene rings is 1. The molecule has 0 aliphatic carbocycles. The number of nitro benzene ring substituents is 1. The number of nitrogens with one attached hydrogen (secondary N) is 1. The lowest BCUT2D eigenvalue weighted by Crippen LogP contribution is -2.05. The summed E-state index contributed by atoms with van der Waals surface area (Å²) < 4.78 is 37.3. The SMILES string of the molecule is O=[N+]([O-])c1ccc2n[nH]c(C(F)(F)F)c2c1. The van der Waals surface area contributed by atoms with Crippen molar-refractivity contribution in [3.05, 3.63) is 34.0 Å². The van der Waals surface area contributed by atoms with Crippen molar-refractivity contribution in [2.24, 2.45) is 0 Å². The van der Waals surface area contributed by atoms with E-state index in [-0.39, 0.29) is 10.9 Å². The average Bonchev–Trinajstić information content (AvgIpc) is 2.58. The van der Waals surface area contributed by atoms with Crippen LogP contribution in [0.1, 0.15) is 5.69 Å². The Bertz CT molecular complexity index is 561. The number of nitrogens with zero attached hydrogens (tertiary/aromatic N) is 2. The molecule has 84 valence electrons. The standard InChI is InChI=1S/C8H4F3N3O2/c9-8(10,11)7-5-3-4(14(15)16)1-2-6(5)12-13-7/h1-3H,(H,12,13). The van der Waals surface area contributed by atoms with E-state index in [1.807, 2.05) is 5.10 Å². The average molecular weight is 231 g/mol. The predicted molar refractivity (Wildman–Crippen MR) is 47.8 cm³/mol. The molecule has 0 fully saturated rings. The van der Waals surface area contributed by atoms with Crippen LogP contribution >= 0.6 is 0 Å². The number of halogens is 3. The van der Waals surface area contributed by atoms with Crippen LogP contribution in [-0.2, 0) is 6.18 Å². The molecule has 0 spiro atoms. The third-order valence-corrected chi connectivity index (χ3v) is 2.03. The van der Waals surface area contributed by atoms with E-state index in [0.29, 0.717) is 0 Å². The first-order valence-corrected chi connectivity index (χ1v) is 4.09. The third-order valence-electron chi connectivity index (χ3n) is 2.03. The molecule has 0 radical (unpaired) electrons. The van der Waals surface area contributed by atoms with Crippen LogP contribution in [0.15, 0.2) is 18.2 Å². The van der Waals surface area contributed by atoms with E-state index in [1.54, 1.807) is 0 Å². The number of non-ortho nitro benzene ring substituents is 1. The minimum Gasteiger partial charge on any atom is -0.272 e. The van der Waals surface area contributed by atoms with Gasteiger partial charge in [-0.3, -0.25) is 15.2 Å². The molecule has 0 unspecified atom stereocenters. The van der Waals surface area contributed by atoms with Gasteiger partial charge in [-0.05, 0) is 6.07 Å². The molecule has 0 saturated carbocycles. The minimum absolute atomic E-state index is 0.0397. The minimum atomic E-state index is -4.61. The number of alkyl halides is 3. The smallest absolute Gasteiger partial charge is 0.272 e. The highest BCUT2D eigenvalue weighted by atomic mass is 19.4. The second-order valence-electron chi connectivity index (χ2n) is 3.05. The van der Waals surface area contributed by atoms with Gasteiger partial charge in [0, 0.05) is 17.5 Å². The molecule has 8 heteroatoms. The number of nitro groups is 1. The Morgan fingerprint density at radius 3 is 2.62 bits per heavy atom. The Morgan fingerprint density at radius 1 is 1.38 bits per heavy atom. The summed E-state index contributed by atoms with van der Waals surface area (Å²) >= 11 is 0. The zero-order valence-electron chi connectivity index (χ0n) is 7.58. The molecule has 0 bridgehead atoms. The zero-order valence-corrected chi connectivity index (χ0v) is 7.58. The molecule has 1 aromatic carbocycles. The van der Waals surface area contributed by atoms with Crippen LogP contribution in [0.2, 0.25) is 0 Å². The summed E-state index contributed by atoms with van der Waals surface area (Å²) in [6, 6.07) is 3.12. The third kappa shape index (κ3) is 1.58. The molecule has 1 heterocycles. The van der Waals surface area contributed by atoms with Gasteiger partial charge in [-0.25, -0.2) is 0 Å². The van der Waals surface area contributed by atoms with Gasteiger partial charge in [-0.1, -0.05) is 0 Å². The maximum atomic E-state index is 12.4. The Hall–Kier alpha value is -2.12. The monoisotopic (exact) mass is 231 g/mol. The Labute approximate surface area is 86.0 Å². The summed E-state index contributed by atoms with van der Waals surface area (Å²) in [6.45, 7) is 0. The summed E-state index contributed by atoms with van der Waals surface area (Å²) in [5, 5.41) is 15.4. The second kappa shape index (κ2) is 3.19. The lowest BCUT2D eigenvalue weighted by Gasteiger charge is -2.02. The van der Waals surface area contributed by atoms with E-state index >= 15 is 0 Å². The summed E-state index contributed by atoms with van der Waals surface area (Å²) in [5.74, 6) is 0. The summed E-state index contributed by atoms with van der Waals surface area (Å²) in [7, 11) is 0. The lowest BCUT2D eigenvalue weighted by atomic mass is 10.2. The molecule has 0 atom stereocenters. The highest BCUT2D eigenvalue weighted by Gasteiger charge is 2.35. The molecule has 2 aromatic rings. The predicted octanol–water partition coefficient (Wildman–Crippen LogP) is 2.49. The first kappa shape index (κ1) is 10.4. The van der Waals surface area contributed by atoms with Gasteiger partial charge in [0.1, 0.15) is 5.69 Å². The Balaban J connectivity index is 2.70. The lowest BCUT2D eigenvalue weighted by molar-refractivity contribution is -0.384. The van der Waals surface area contributed by atoms with E-state index in [9.17, 15) is 23.3 Å². The molecular weight excluding hydrogens is 227 g/mol. The molecule has 0 aliphatic heterocycles. The molecule has 0 aliphatic rings. The quantitative estimate of drug-likeness (QED) is 0.605. The molecule has 2 rings (SSSR count). The van der Waals surface area contributed by atoms with Crippen LogP contribution in [-0.4, -0.2) is 15.1 Å². The van der Waals surface area contributed by atoms with Crippen molar-refractivity contribution >= 4 is 16.6 Å². The van der Waals surface area contributed by atoms with E-state index in [0.717, 1.165) is 12.1 Å². The van der Waals surface area contributed by atoms with Crippen molar-refractivity contribution < 1.29 is 18.1 Å². The maximum absolute atomic E-state index is 12.4.